The lowest BCUT2D eigenvalue weighted by Gasteiger charge is -2.16. The number of fused-ring (bicyclic) bond motifs is 1. The number of hydrogen-bond acceptors (Lipinski definition) is 3. The van der Waals surface area contributed by atoms with Crippen LogP contribution in [0.25, 0.3) is 0 Å². The van der Waals surface area contributed by atoms with E-state index in [0.717, 1.165) is 11.6 Å². The van der Waals surface area contributed by atoms with Gasteiger partial charge in [0.15, 0.2) is 17.8 Å². The summed E-state index contributed by atoms with van der Waals surface area (Å²) in [5.41, 5.74) is 0. The average Bonchev–Trinajstić information content (AvgIpc) is 2.31. The summed E-state index contributed by atoms with van der Waals surface area (Å²) in [6.07, 6.45) is 5.82. The van der Waals surface area contributed by atoms with Crippen LogP contribution in [0.3, 0.4) is 0 Å². The van der Waals surface area contributed by atoms with Gasteiger partial charge in [0.1, 0.15) is 0 Å². The molecule has 58 valence electrons. The Morgan fingerprint density at radius 2 is 2.45 bits per heavy atom. The third kappa shape index (κ3) is 0.926. The first-order valence-electron chi connectivity index (χ1n) is 3.63. The lowest BCUT2D eigenvalue weighted by Crippen LogP contribution is -2.22. The summed E-state index contributed by atoms with van der Waals surface area (Å²) >= 11 is 0. The summed E-state index contributed by atoms with van der Waals surface area (Å²) in [5, 5.41) is 0. The predicted octanol–water partition coefficient (Wildman–Crippen LogP) is 1.10. The van der Waals surface area contributed by atoms with Crippen LogP contribution in [0.5, 0.6) is 0 Å². The maximum atomic E-state index is 5.40. The third-order valence-corrected chi connectivity index (χ3v) is 1.71. The van der Waals surface area contributed by atoms with E-state index < -0.39 is 0 Å². The molecule has 2 heterocycles. The van der Waals surface area contributed by atoms with Crippen molar-refractivity contribution in [3.05, 3.63) is 24.1 Å². The molecule has 0 aromatic rings. The molecule has 3 heteroatoms. The standard InChI is InChI=1S/C8H10N2O/c1-6-9-8-7(11-6)4-3-5-10(8)2/h3-6H,1-2H3. The zero-order valence-electron chi connectivity index (χ0n) is 6.61. The number of nitrogens with zero attached hydrogens (tertiary/aromatic N) is 2. The zero-order valence-corrected chi connectivity index (χ0v) is 6.61. The van der Waals surface area contributed by atoms with Crippen LogP contribution in [0.15, 0.2) is 29.1 Å². The van der Waals surface area contributed by atoms with Gasteiger partial charge in [-0.2, -0.15) is 0 Å². The van der Waals surface area contributed by atoms with E-state index in [1.165, 1.54) is 0 Å². The van der Waals surface area contributed by atoms with Gasteiger partial charge < -0.3 is 9.64 Å². The molecule has 2 aliphatic heterocycles. The molecule has 0 saturated heterocycles. The van der Waals surface area contributed by atoms with Crippen molar-refractivity contribution in [1.29, 1.82) is 0 Å². The molecule has 1 unspecified atom stereocenters. The SMILES string of the molecule is CC1N=C2C(=CC=CN2C)O1. The van der Waals surface area contributed by atoms with Gasteiger partial charge in [-0.05, 0) is 19.1 Å². The molecule has 11 heavy (non-hydrogen) atoms. The van der Waals surface area contributed by atoms with E-state index >= 15 is 0 Å². The fraction of sp³-hybridized carbons (Fsp3) is 0.375. The molecule has 0 bridgehead atoms. The summed E-state index contributed by atoms with van der Waals surface area (Å²) in [4.78, 5) is 6.25. The predicted molar refractivity (Wildman–Crippen MR) is 43.0 cm³/mol. The molecule has 2 rings (SSSR count). The van der Waals surface area contributed by atoms with Gasteiger partial charge >= 0.3 is 0 Å². The van der Waals surface area contributed by atoms with Crippen molar-refractivity contribution in [2.24, 2.45) is 4.99 Å². The van der Waals surface area contributed by atoms with Crippen LogP contribution >= 0.6 is 0 Å². The molecule has 0 radical (unpaired) electrons. The molecule has 0 N–H and O–H groups in total. The normalized spacial score (nSPS) is 27.5. The minimum absolute atomic E-state index is 0.0291. The van der Waals surface area contributed by atoms with E-state index in [9.17, 15) is 0 Å². The van der Waals surface area contributed by atoms with Crippen LogP contribution in [0.2, 0.25) is 0 Å². The first kappa shape index (κ1) is 6.46. The Hall–Kier alpha value is -1.25. The molecule has 0 fully saturated rings. The first-order chi connectivity index (χ1) is 5.27. The Balaban J connectivity index is 2.36. The van der Waals surface area contributed by atoms with Crippen molar-refractivity contribution in [3.8, 4) is 0 Å². The highest BCUT2D eigenvalue weighted by Gasteiger charge is 2.23. The van der Waals surface area contributed by atoms with E-state index in [0.29, 0.717) is 0 Å². The van der Waals surface area contributed by atoms with Crippen molar-refractivity contribution >= 4 is 5.84 Å². The Bertz CT molecular complexity index is 265. The summed E-state index contributed by atoms with van der Waals surface area (Å²) in [6, 6.07) is 0. The highest BCUT2D eigenvalue weighted by atomic mass is 16.5. The van der Waals surface area contributed by atoms with Crippen LogP contribution in [0, 0.1) is 0 Å². The zero-order chi connectivity index (χ0) is 7.84. The number of ether oxygens (including phenoxy) is 1. The van der Waals surface area contributed by atoms with Crippen molar-refractivity contribution in [2.45, 2.75) is 13.2 Å². The fourth-order valence-electron chi connectivity index (χ4n) is 1.21. The van der Waals surface area contributed by atoms with Crippen molar-refractivity contribution < 1.29 is 4.74 Å². The van der Waals surface area contributed by atoms with Gasteiger partial charge in [-0.3, -0.25) is 0 Å². The average molecular weight is 150 g/mol. The maximum Gasteiger partial charge on any atom is 0.189 e. The summed E-state index contributed by atoms with van der Waals surface area (Å²) in [5.74, 6) is 1.81. The third-order valence-electron chi connectivity index (χ3n) is 1.71. The number of rotatable bonds is 0. The van der Waals surface area contributed by atoms with E-state index in [-0.39, 0.29) is 6.23 Å². The highest BCUT2D eigenvalue weighted by molar-refractivity contribution is 5.99. The smallest absolute Gasteiger partial charge is 0.189 e. The second-order valence-electron chi connectivity index (χ2n) is 2.65. The second kappa shape index (κ2) is 2.12. The molecule has 0 amide bonds. The molecule has 0 spiro atoms. The summed E-state index contributed by atoms with van der Waals surface area (Å²) in [6.45, 7) is 1.93. The minimum Gasteiger partial charge on any atom is -0.465 e. The van der Waals surface area contributed by atoms with Crippen molar-refractivity contribution in [1.82, 2.24) is 4.90 Å². The maximum absolute atomic E-state index is 5.40. The number of likely N-dealkylation sites (N-methyl/N-ethyl adjacent to an activating group) is 1. The van der Waals surface area contributed by atoms with Gasteiger partial charge in [-0.25, -0.2) is 4.99 Å². The monoisotopic (exact) mass is 150 g/mol. The van der Waals surface area contributed by atoms with Gasteiger partial charge in [-0.15, -0.1) is 0 Å². The highest BCUT2D eigenvalue weighted by Crippen LogP contribution is 2.20. The van der Waals surface area contributed by atoms with Gasteiger partial charge in [-0.1, -0.05) is 0 Å². The van der Waals surface area contributed by atoms with Gasteiger partial charge in [0.25, 0.3) is 0 Å². The quantitative estimate of drug-likeness (QED) is 0.516. The Labute approximate surface area is 65.7 Å². The Kier molecular flexibility index (Phi) is 1.24. The topological polar surface area (TPSA) is 24.8 Å². The molecule has 0 aliphatic carbocycles. The molecule has 0 aromatic heterocycles. The van der Waals surface area contributed by atoms with E-state index in [2.05, 4.69) is 4.99 Å². The van der Waals surface area contributed by atoms with Crippen LogP contribution in [-0.4, -0.2) is 24.0 Å². The van der Waals surface area contributed by atoms with Crippen LogP contribution in [0.1, 0.15) is 6.92 Å². The van der Waals surface area contributed by atoms with Crippen LogP contribution < -0.4 is 0 Å². The molecule has 1 atom stereocenters. The minimum atomic E-state index is -0.0291. The lowest BCUT2D eigenvalue weighted by atomic mass is 10.3. The molecule has 2 aliphatic rings. The molecular weight excluding hydrogens is 140 g/mol. The molecule has 0 saturated carbocycles. The van der Waals surface area contributed by atoms with Gasteiger partial charge in [0, 0.05) is 13.2 Å². The summed E-state index contributed by atoms with van der Waals surface area (Å²) in [7, 11) is 1.96. The number of aliphatic imine (C=N–C) groups is 1. The largest absolute Gasteiger partial charge is 0.465 e. The number of hydrogen-bond donors (Lipinski definition) is 0. The lowest BCUT2D eigenvalue weighted by molar-refractivity contribution is 0.173. The molecule has 0 aromatic carbocycles. The van der Waals surface area contributed by atoms with Crippen LogP contribution in [-0.2, 0) is 4.74 Å². The van der Waals surface area contributed by atoms with Gasteiger partial charge in [0.2, 0.25) is 0 Å². The second-order valence-corrected chi connectivity index (χ2v) is 2.65. The Morgan fingerprint density at radius 3 is 3.18 bits per heavy atom. The number of allylic oxidation sites excluding steroid dienone is 2. The van der Waals surface area contributed by atoms with E-state index in [1.54, 1.807) is 0 Å². The Morgan fingerprint density at radius 1 is 1.64 bits per heavy atom. The van der Waals surface area contributed by atoms with Crippen LogP contribution in [0.4, 0.5) is 0 Å². The van der Waals surface area contributed by atoms with Gasteiger partial charge in [0.05, 0.1) is 0 Å². The van der Waals surface area contributed by atoms with E-state index in [1.807, 2.05) is 37.2 Å². The first-order valence-corrected chi connectivity index (χ1v) is 3.63. The van der Waals surface area contributed by atoms with Crippen molar-refractivity contribution in [3.63, 3.8) is 0 Å². The van der Waals surface area contributed by atoms with Crippen molar-refractivity contribution in [2.75, 3.05) is 7.05 Å². The van der Waals surface area contributed by atoms with E-state index in [4.69, 9.17) is 4.74 Å². The number of amidine groups is 1. The molecular formula is C8H10N2O. The molecule has 3 nitrogen and oxygen atoms in total. The fourth-order valence-corrected chi connectivity index (χ4v) is 1.21. The summed E-state index contributed by atoms with van der Waals surface area (Å²) < 4.78 is 5.40.